The zero-order valence-electron chi connectivity index (χ0n) is 6.68. The van der Waals surface area contributed by atoms with Crippen molar-refractivity contribution in [2.24, 2.45) is 5.73 Å². The lowest BCUT2D eigenvalue weighted by Crippen LogP contribution is -2.35. The zero-order valence-corrected chi connectivity index (χ0v) is 6.68. The first-order valence-corrected chi connectivity index (χ1v) is 3.23. The molecule has 0 aliphatic rings. The minimum atomic E-state index is -0.501. The Morgan fingerprint density at radius 3 is 2.73 bits per heavy atom. The number of hydrogen-bond acceptors (Lipinski definition) is 3. The van der Waals surface area contributed by atoms with E-state index in [-0.39, 0.29) is 11.9 Å². The summed E-state index contributed by atoms with van der Waals surface area (Å²) in [6.07, 6.45) is -0.159. The van der Waals surface area contributed by atoms with Gasteiger partial charge in [0.25, 0.3) is 0 Å². The number of rotatable bonds is 3. The molecule has 5 heteroatoms. The molecule has 0 spiro atoms. The lowest BCUT2D eigenvalue weighted by Gasteiger charge is -2.10. The minimum absolute atomic E-state index is 0.0499. The highest BCUT2D eigenvalue weighted by Crippen LogP contribution is 1.89. The van der Waals surface area contributed by atoms with E-state index in [9.17, 15) is 4.79 Å². The molecule has 1 unspecified atom stereocenters. The smallest absolute Gasteiger partial charge is 0.407 e. The predicted octanol–water partition coefficient (Wildman–Crippen LogP) is 0.0570. The zero-order chi connectivity index (χ0) is 8.85. The number of alkyl carbamates (subject to hydrolysis) is 1. The molecule has 0 heterocycles. The molecular weight excluding hydrogens is 146 g/mol. The van der Waals surface area contributed by atoms with Gasteiger partial charge in [-0.25, -0.2) is 4.79 Å². The third kappa shape index (κ3) is 5.20. The van der Waals surface area contributed by atoms with Crippen LogP contribution < -0.4 is 11.1 Å². The van der Waals surface area contributed by atoms with E-state index in [1.165, 1.54) is 7.11 Å². The van der Waals surface area contributed by atoms with Gasteiger partial charge in [0.2, 0.25) is 0 Å². The highest BCUT2D eigenvalue weighted by Gasteiger charge is 2.06. The van der Waals surface area contributed by atoms with E-state index in [1.54, 1.807) is 6.92 Å². The van der Waals surface area contributed by atoms with Crippen LogP contribution in [0.5, 0.6) is 0 Å². The fraction of sp³-hybridized carbons (Fsp3) is 0.667. The maximum absolute atomic E-state index is 10.6. The molecule has 0 bridgehead atoms. The van der Waals surface area contributed by atoms with Crippen LogP contribution in [0.1, 0.15) is 13.3 Å². The molecule has 64 valence electrons. The fourth-order valence-electron chi connectivity index (χ4n) is 0.641. The highest BCUT2D eigenvalue weighted by molar-refractivity contribution is 5.78. The van der Waals surface area contributed by atoms with Gasteiger partial charge in [-0.3, -0.25) is 5.41 Å². The molecule has 0 saturated heterocycles. The second-order valence-electron chi connectivity index (χ2n) is 2.27. The standard InChI is InChI=1S/C6H13N3O2/c1-4(3-5(7)8)9-6(10)11-2/h4H,3H2,1-2H3,(H3,7,8)(H,9,10). The van der Waals surface area contributed by atoms with Crippen LogP contribution in [0.2, 0.25) is 0 Å². The summed E-state index contributed by atoms with van der Waals surface area (Å²) in [6.45, 7) is 1.75. The Morgan fingerprint density at radius 1 is 1.82 bits per heavy atom. The summed E-state index contributed by atoms with van der Waals surface area (Å²) in [6, 6.07) is -0.153. The Labute approximate surface area is 65.4 Å². The first-order valence-electron chi connectivity index (χ1n) is 3.23. The number of nitrogens with two attached hydrogens (primary N) is 1. The number of carbonyl (C=O) groups excluding carboxylic acids is 1. The average Bonchev–Trinajstić information content (AvgIpc) is 1.85. The summed E-state index contributed by atoms with van der Waals surface area (Å²) in [5.41, 5.74) is 5.10. The monoisotopic (exact) mass is 159 g/mol. The van der Waals surface area contributed by atoms with Gasteiger partial charge in [0, 0.05) is 12.5 Å². The average molecular weight is 159 g/mol. The maximum Gasteiger partial charge on any atom is 0.407 e. The number of nitrogens with one attached hydrogen (secondary N) is 2. The second-order valence-corrected chi connectivity index (χ2v) is 2.27. The van der Waals surface area contributed by atoms with Crippen molar-refractivity contribution in [2.45, 2.75) is 19.4 Å². The fourth-order valence-corrected chi connectivity index (χ4v) is 0.641. The quantitative estimate of drug-likeness (QED) is 0.402. The second kappa shape index (κ2) is 4.54. The Bertz CT molecular complexity index is 158. The highest BCUT2D eigenvalue weighted by atomic mass is 16.5. The SMILES string of the molecule is COC(=O)NC(C)CC(=N)N. The van der Waals surface area contributed by atoms with E-state index in [0.717, 1.165) is 0 Å². The topological polar surface area (TPSA) is 88.2 Å². The molecule has 5 nitrogen and oxygen atoms in total. The molecule has 0 radical (unpaired) electrons. The van der Waals surface area contributed by atoms with Crippen molar-refractivity contribution in [3.8, 4) is 0 Å². The van der Waals surface area contributed by atoms with Crippen LogP contribution >= 0.6 is 0 Å². The summed E-state index contributed by atoms with van der Waals surface area (Å²) >= 11 is 0. The summed E-state index contributed by atoms with van der Waals surface area (Å²) in [5.74, 6) is 0.0499. The minimum Gasteiger partial charge on any atom is -0.453 e. The first-order chi connectivity index (χ1) is 5.06. The summed E-state index contributed by atoms with van der Waals surface area (Å²) in [7, 11) is 1.29. The van der Waals surface area contributed by atoms with E-state index >= 15 is 0 Å². The Hall–Kier alpha value is -1.26. The molecule has 1 atom stereocenters. The van der Waals surface area contributed by atoms with Crippen molar-refractivity contribution in [3.63, 3.8) is 0 Å². The number of hydrogen-bond donors (Lipinski definition) is 3. The van der Waals surface area contributed by atoms with Gasteiger partial charge in [-0.1, -0.05) is 0 Å². The number of amides is 1. The van der Waals surface area contributed by atoms with Crippen LogP contribution in [0.15, 0.2) is 0 Å². The van der Waals surface area contributed by atoms with E-state index in [0.29, 0.717) is 6.42 Å². The van der Waals surface area contributed by atoms with Gasteiger partial charge in [-0.05, 0) is 6.92 Å². The normalized spacial score (nSPS) is 11.8. The van der Waals surface area contributed by atoms with Gasteiger partial charge in [0.15, 0.2) is 0 Å². The van der Waals surface area contributed by atoms with Crippen molar-refractivity contribution >= 4 is 11.9 Å². The van der Waals surface area contributed by atoms with Gasteiger partial charge in [-0.15, -0.1) is 0 Å². The van der Waals surface area contributed by atoms with Crippen LogP contribution in [0.4, 0.5) is 4.79 Å². The third-order valence-electron chi connectivity index (χ3n) is 1.08. The van der Waals surface area contributed by atoms with Gasteiger partial charge in [0.1, 0.15) is 0 Å². The van der Waals surface area contributed by atoms with Gasteiger partial charge < -0.3 is 15.8 Å². The van der Waals surface area contributed by atoms with Crippen molar-refractivity contribution in [1.29, 1.82) is 5.41 Å². The molecule has 0 fully saturated rings. The number of carbonyl (C=O) groups is 1. The Morgan fingerprint density at radius 2 is 2.36 bits per heavy atom. The first kappa shape index (κ1) is 9.74. The Balaban J connectivity index is 3.60. The molecule has 4 N–H and O–H groups in total. The van der Waals surface area contributed by atoms with Crippen LogP contribution in [0, 0.1) is 5.41 Å². The molecule has 0 aliphatic heterocycles. The summed E-state index contributed by atoms with van der Waals surface area (Å²) in [5, 5.41) is 9.39. The van der Waals surface area contributed by atoms with Crippen molar-refractivity contribution in [2.75, 3.05) is 7.11 Å². The van der Waals surface area contributed by atoms with Gasteiger partial charge in [-0.2, -0.15) is 0 Å². The van der Waals surface area contributed by atoms with Crippen LogP contribution in [-0.4, -0.2) is 25.1 Å². The number of amidine groups is 1. The number of methoxy groups -OCH3 is 1. The summed E-state index contributed by atoms with van der Waals surface area (Å²) in [4.78, 5) is 10.6. The van der Waals surface area contributed by atoms with E-state index < -0.39 is 6.09 Å². The van der Waals surface area contributed by atoms with Crippen LogP contribution in [0.3, 0.4) is 0 Å². The molecule has 0 saturated carbocycles. The van der Waals surface area contributed by atoms with Crippen molar-refractivity contribution in [1.82, 2.24) is 5.32 Å². The van der Waals surface area contributed by atoms with Gasteiger partial charge >= 0.3 is 6.09 Å². The number of ether oxygens (including phenoxy) is 1. The van der Waals surface area contributed by atoms with Crippen LogP contribution in [0.25, 0.3) is 0 Å². The molecule has 0 aromatic heterocycles. The molecule has 0 rings (SSSR count). The molecule has 1 amide bonds. The molecule has 0 aromatic rings. The molecule has 11 heavy (non-hydrogen) atoms. The third-order valence-corrected chi connectivity index (χ3v) is 1.08. The van der Waals surface area contributed by atoms with Crippen molar-refractivity contribution < 1.29 is 9.53 Å². The van der Waals surface area contributed by atoms with Crippen molar-refractivity contribution in [3.05, 3.63) is 0 Å². The Kier molecular flexibility index (Phi) is 4.02. The van der Waals surface area contributed by atoms with Crippen LogP contribution in [-0.2, 0) is 4.74 Å². The van der Waals surface area contributed by atoms with Gasteiger partial charge in [0.05, 0.1) is 12.9 Å². The molecule has 0 aromatic carbocycles. The van der Waals surface area contributed by atoms with E-state index in [4.69, 9.17) is 11.1 Å². The predicted molar refractivity (Wildman–Crippen MR) is 41.5 cm³/mol. The lowest BCUT2D eigenvalue weighted by molar-refractivity contribution is 0.167. The largest absolute Gasteiger partial charge is 0.453 e. The van der Waals surface area contributed by atoms with E-state index in [1.807, 2.05) is 0 Å². The summed E-state index contributed by atoms with van der Waals surface area (Å²) < 4.78 is 4.34. The van der Waals surface area contributed by atoms with E-state index in [2.05, 4.69) is 10.1 Å². The maximum atomic E-state index is 10.6. The lowest BCUT2D eigenvalue weighted by atomic mass is 10.2. The molecule has 0 aliphatic carbocycles. The molecular formula is C6H13N3O2.